The summed E-state index contributed by atoms with van der Waals surface area (Å²) in [6.07, 6.45) is 0. The molecule has 0 saturated carbocycles. The fraction of sp³-hybridized carbons (Fsp3) is 0.276. The van der Waals surface area contributed by atoms with Crippen molar-refractivity contribution in [2.75, 3.05) is 13.2 Å². The van der Waals surface area contributed by atoms with Gasteiger partial charge in [-0.25, -0.2) is 9.59 Å². The summed E-state index contributed by atoms with van der Waals surface area (Å²) in [5, 5.41) is 3.67. The number of ether oxygens (including phenoxy) is 3. The molecule has 0 amide bonds. The zero-order valence-corrected chi connectivity index (χ0v) is 22.2. The van der Waals surface area contributed by atoms with E-state index in [1.54, 1.807) is 68.4 Å². The lowest BCUT2D eigenvalue weighted by molar-refractivity contribution is -0.166. The highest BCUT2D eigenvalue weighted by Crippen LogP contribution is 2.63. The molecule has 3 atom stereocenters. The van der Waals surface area contributed by atoms with Crippen LogP contribution in [-0.2, 0) is 29.3 Å². The minimum Gasteiger partial charge on any atom is -0.464 e. The number of carbonyl (C=O) groups is 3. The van der Waals surface area contributed by atoms with Crippen LogP contribution in [0.15, 0.2) is 72.8 Å². The number of hydrogen-bond acceptors (Lipinski definition) is 7. The van der Waals surface area contributed by atoms with Crippen LogP contribution >= 0.6 is 23.2 Å². The van der Waals surface area contributed by atoms with Gasteiger partial charge in [0.25, 0.3) is 0 Å². The molecule has 0 aliphatic carbocycles. The molecule has 2 aliphatic rings. The molecule has 3 aromatic carbocycles. The van der Waals surface area contributed by atoms with Gasteiger partial charge in [-0.3, -0.25) is 10.1 Å². The first-order valence-electron chi connectivity index (χ1n) is 12.3. The topological polar surface area (TPSA) is 90.9 Å². The Morgan fingerprint density at radius 3 is 2.08 bits per heavy atom. The Morgan fingerprint density at radius 2 is 1.50 bits per heavy atom. The van der Waals surface area contributed by atoms with Crippen molar-refractivity contribution in [3.05, 3.63) is 99.5 Å². The van der Waals surface area contributed by atoms with Crippen molar-refractivity contribution in [1.29, 1.82) is 0 Å². The third-order valence-electron chi connectivity index (χ3n) is 7.18. The number of halogens is 2. The lowest BCUT2D eigenvalue weighted by Gasteiger charge is -2.42. The van der Waals surface area contributed by atoms with Crippen molar-refractivity contribution in [3.8, 4) is 5.75 Å². The monoisotopic (exact) mass is 553 g/mol. The van der Waals surface area contributed by atoms with Gasteiger partial charge in [0.05, 0.1) is 24.3 Å². The minimum atomic E-state index is -2.11. The quantitative estimate of drug-likeness (QED) is 0.256. The van der Waals surface area contributed by atoms with Crippen LogP contribution in [0.1, 0.15) is 42.5 Å². The number of fused-ring (bicyclic) bond motifs is 3. The van der Waals surface area contributed by atoms with Crippen LogP contribution in [0.2, 0.25) is 10.0 Å². The van der Waals surface area contributed by atoms with Crippen molar-refractivity contribution < 1.29 is 28.6 Å². The Bertz CT molecular complexity index is 1380. The Hall–Kier alpha value is -3.39. The maximum atomic E-state index is 14.4. The van der Waals surface area contributed by atoms with Gasteiger partial charge in [0.1, 0.15) is 5.41 Å². The van der Waals surface area contributed by atoms with Crippen LogP contribution in [-0.4, -0.2) is 36.7 Å². The molecule has 2 heterocycles. The average Bonchev–Trinajstić information content (AvgIpc) is 3.26. The fourth-order valence-corrected chi connectivity index (χ4v) is 6.37. The number of esters is 3. The standard InChI is InChI=1S/C29H25Cl2NO6/c1-3-36-26(34)29(27(35)37-4-2)23(17-11-7-5-8-12-17)28(18-13-9-6-10-14-18)24(32-29)20-15-19(30)16-21(31)22(20)38-25(28)33/h5-16,23-24,32H,3-4H2,1-2H3/t23-,24-,28-/m1/s1. The van der Waals surface area contributed by atoms with E-state index in [-0.39, 0.29) is 24.0 Å². The Morgan fingerprint density at radius 1 is 0.921 bits per heavy atom. The number of rotatable bonds is 6. The van der Waals surface area contributed by atoms with Crippen LogP contribution in [0.25, 0.3) is 0 Å². The van der Waals surface area contributed by atoms with Crippen molar-refractivity contribution in [3.63, 3.8) is 0 Å². The molecule has 1 N–H and O–H groups in total. The van der Waals surface area contributed by atoms with E-state index < -0.39 is 40.8 Å². The van der Waals surface area contributed by atoms with Crippen molar-refractivity contribution in [2.45, 2.75) is 36.8 Å². The zero-order valence-electron chi connectivity index (χ0n) is 20.7. The van der Waals surface area contributed by atoms with E-state index in [1.165, 1.54) is 6.07 Å². The molecule has 196 valence electrons. The van der Waals surface area contributed by atoms with Crippen LogP contribution in [0.3, 0.4) is 0 Å². The van der Waals surface area contributed by atoms with Crippen molar-refractivity contribution in [1.82, 2.24) is 5.32 Å². The lowest BCUT2D eigenvalue weighted by Crippen LogP contribution is -2.60. The summed E-state index contributed by atoms with van der Waals surface area (Å²) in [5.41, 5.74) is -2.20. The third kappa shape index (κ3) is 3.72. The van der Waals surface area contributed by atoms with Gasteiger partial charge in [0.15, 0.2) is 5.75 Å². The maximum Gasteiger partial charge on any atom is 0.338 e. The molecule has 3 aromatic rings. The second-order valence-corrected chi connectivity index (χ2v) is 9.94. The smallest absolute Gasteiger partial charge is 0.338 e. The Balaban J connectivity index is 1.93. The van der Waals surface area contributed by atoms with Gasteiger partial charge in [-0.2, -0.15) is 0 Å². The van der Waals surface area contributed by atoms with E-state index in [4.69, 9.17) is 37.4 Å². The summed E-state index contributed by atoms with van der Waals surface area (Å²) in [7, 11) is 0. The molecule has 2 aliphatic heterocycles. The largest absolute Gasteiger partial charge is 0.464 e. The van der Waals surface area contributed by atoms with Gasteiger partial charge in [-0.15, -0.1) is 0 Å². The summed E-state index contributed by atoms with van der Waals surface area (Å²) in [6, 6.07) is 19.9. The average molecular weight is 554 g/mol. The van der Waals surface area contributed by atoms with Crippen molar-refractivity contribution >= 4 is 41.1 Å². The zero-order chi connectivity index (χ0) is 27.1. The Labute approximate surface area is 230 Å². The van der Waals surface area contributed by atoms with Crippen LogP contribution < -0.4 is 10.1 Å². The highest BCUT2D eigenvalue weighted by Gasteiger charge is 2.76. The van der Waals surface area contributed by atoms with E-state index in [2.05, 4.69) is 5.32 Å². The van der Waals surface area contributed by atoms with Gasteiger partial charge in [-0.1, -0.05) is 83.9 Å². The first kappa shape index (κ1) is 26.2. The van der Waals surface area contributed by atoms with Crippen LogP contribution in [0, 0.1) is 0 Å². The first-order valence-corrected chi connectivity index (χ1v) is 13.0. The molecule has 0 bridgehead atoms. The van der Waals surface area contributed by atoms with Gasteiger partial charge < -0.3 is 14.2 Å². The first-order chi connectivity index (χ1) is 18.3. The maximum absolute atomic E-state index is 14.4. The SMILES string of the molecule is CCOC(=O)C1(C(=O)OCC)N[C@@H]2c3cc(Cl)cc(Cl)c3OC(=O)[C@]2(c2ccccc2)[C@H]1c1ccccc1. The minimum absolute atomic E-state index is 0.00483. The molecule has 38 heavy (non-hydrogen) atoms. The van der Waals surface area contributed by atoms with Gasteiger partial charge >= 0.3 is 17.9 Å². The lowest BCUT2D eigenvalue weighted by atomic mass is 9.59. The molecular weight excluding hydrogens is 529 g/mol. The van der Waals surface area contributed by atoms with E-state index >= 15 is 0 Å². The van der Waals surface area contributed by atoms with Gasteiger partial charge in [0.2, 0.25) is 5.54 Å². The van der Waals surface area contributed by atoms with E-state index in [1.807, 2.05) is 12.1 Å². The molecule has 0 aromatic heterocycles. The molecule has 0 spiro atoms. The number of carbonyl (C=O) groups excluding carboxylic acids is 3. The molecule has 0 radical (unpaired) electrons. The number of benzene rings is 3. The molecule has 1 saturated heterocycles. The van der Waals surface area contributed by atoms with Gasteiger partial charge in [-0.05, 0) is 37.1 Å². The highest BCUT2D eigenvalue weighted by atomic mass is 35.5. The summed E-state index contributed by atoms with van der Waals surface area (Å²) in [5.74, 6) is -3.42. The van der Waals surface area contributed by atoms with E-state index in [9.17, 15) is 14.4 Å². The second-order valence-electron chi connectivity index (χ2n) is 9.10. The van der Waals surface area contributed by atoms with E-state index in [0.717, 1.165) is 0 Å². The number of hydrogen-bond donors (Lipinski definition) is 1. The normalized spacial score (nSPS) is 23.1. The molecule has 5 rings (SSSR count). The summed E-state index contributed by atoms with van der Waals surface area (Å²) in [6.45, 7) is 3.30. The molecule has 9 heteroatoms. The van der Waals surface area contributed by atoms with Crippen LogP contribution in [0.5, 0.6) is 5.75 Å². The van der Waals surface area contributed by atoms with Crippen LogP contribution in [0.4, 0.5) is 0 Å². The molecule has 1 fully saturated rings. The fourth-order valence-electron chi connectivity index (χ4n) is 5.82. The van der Waals surface area contributed by atoms with Gasteiger partial charge in [0, 0.05) is 16.5 Å². The summed E-state index contributed by atoms with van der Waals surface area (Å²) >= 11 is 12.9. The highest BCUT2D eigenvalue weighted by molar-refractivity contribution is 6.36. The molecular formula is C29H25Cl2NO6. The van der Waals surface area contributed by atoms with Crippen molar-refractivity contribution in [2.24, 2.45) is 0 Å². The third-order valence-corrected chi connectivity index (χ3v) is 7.67. The molecule has 0 unspecified atom stereocenters. The Kier molecular flexibility index (Phi) is 6.94. The summed E-state index contributed by atoms with van der Waals surface area (Å²) in [4.78, 5) is 42.3. The molecule has 7 nitrogen and oxygen atoms in total. The number of nitrogens with one attached hydrogen (secondary N) is 1. The second kappa shape index (κ2) is 10.1. The summed E-state index contributed by atoms with van der Waals surface area (Å²) < 4.78 is 16.9. The predicted octanol–water partition coefficient (Wildman–Crippen LogP) is 5.14. The predicted molar refractivity (Wildman–Crippen MR) is 141 cm³/mol. The van der Waals surface area contributed by atoms with E-state index in [0.29, 0.717) is 21.7 Å².